The normalized spacial score (nSPS) is 11.8. The van der Waals surface area contributed by atoms with E-state index in [1.54, 1.807) is 24.5 Å². The van der Waals surface area contributed by atoms with Crippen LogP contribution in [-0.2, 0) is 23.1 Å². The molecule has 0 aliphatic rings. The summed E-state index contributed by atoms with van der Waals surface area (Å²) < 4.78 is 39.8. The van der Waals surface area contributed by atoms with Crippen molar-refractivity contribution in [1.29, 1.82) is 0 Å². The van der Waals surface area contributed by atoms with Crippen LogP contribution in [0.15, 0.2) is 47.6 Å². The van der Waals surface area contributed by atoms with Gasteiger partial charge in [0.1, 0.15) is 10.7 Å². The SMILES string of the molecule is CN(Cc1cccnc1)S(=O)(=O)c1cc(CN)ccc1F. The second kappa shape index (κ2) is 6.30. The van der Waals surface area contributed by atoms with E-state index < -0.39 is 15.8 Å². The molecule has 5 nitrogen and oxygen atoms in total. The summed E-state index contributed by atoms with van der Waals surface area (Å²) in [5.74, 6) is -0.787. The molecule has 2 rings (SSSR count). The molecule has 0 spiro atoms. The maximum Gasteiger partial charge on any atom is 0.246 e. The number of nitrogens with zero attached hydrogens (tertiary/aromatic N) is 2. The van der Waals surface area contributed by atoms with Crippen LogP contribution in [0.25, 0.3) is 0 Å². The zero-order valence-corrected chi connectivity index (χ0v) is 12.3. The summed E-state index contributed by atoms with van der Waals surface area (Å²) in [7, 11) is -2.53. The van der Waals surface area contributed by atoms with Gasteiger partial charge in [-0.25, -0.2) is 12.8 Å². The lowest BCUT2D eigenvalue weighted by Gasteiger charge is -2.18. The molecule has 112 valence electrons. The van der Waals surface area contributed by atoms with Crippen molar-refractivity contribution in [3.05, 3.63) is 59.7 Å². The summed E-state index contributed by atoms with van der Waals surface area (Å²) in [5, 5.41) is 0. The van der Waals surface area contributed by atoms with Gasteiger partial charge < -0.3 is 5.73 Å². The van der Waals surface area contributed by atoms with Gasteiger partial charge in [-0.3, -0.25) is 4.98 Å². The Hall–Kier alpha value is -1.83. The molecule has 2 N–H and O–H groups in total. The van der Waals surface area contributed by atoms with Crippen LogP contribution in [0.3, 0.4) is 0 Å². The molecule has 1 aromatic heterocycles. The lowest BCUT2D eigenvalue weighted by atomic mass is 10.2. The zero-order valence-electron chi connectivity index (χ0n) is 11.5. The van der Waals surface area contributed by atoms with Gasteiger partial charge in [0, 0.05) is 32.5 Å². The van der Waals surface area contributed by atoms with Crippen LogP contribution in [0, 0.1) is 5.82 Å². The number of rotatable bonds is 5. The summed E-state index contributed by atoms with van der Waals surface area (Å²) in [5.41, 5.74) is 6.75. The van der Waals surface area contributed by atoms with Gasteiger partial charge in [-0.05, 0) is 29.3 Å². The number of hydrogen-bond acceptors (Lipinski definition) is 4. The van der Waals surface area contributed by atoms with Crippen LogP contribution < -0.4 is 5.73 Å². The van der Waals surface area contributed by atoms with Crippen molar-refractivity contribution in [2.24, 2.45) is 5.73 Å². The first-order valence-corrected chi connectivity index (χ1v) is 7.73. The standard InChI is InChI=1S/C14H16FN3O2S/c1-18(10-12-3-2-6-17-9-12)21(19,20)14-7-11(8-16)4-5-13(14)15/h2-7,9H,8,10,16H2,1H3. The molecular weight excluding hydrogens is 293 g/mol. The van der Waals surface area contributed by atoms with E-state index in [0.29, 0.717) is 5.56 Å². The van der Waals surface area contributed by atoms with Gasteiger partial charge in [0.05, 0.1) is 0 Å². The number of nitrogens with two attached hydrogens (primary N) is 1. The molecule has 0 bridgehead atoms. The van der Waals surface area contributed by atoms with E-state index in [-0.39, 0.29) is 18.0 Å². The van der Waals surface area contributed by atoms with Gasteiger partial charge in [-0.1, -0.05) is 12.1 Å². The number of aromatic nitrogens is 1. The minimum atomic E-state index is -3.93. The summed E-state index contributed by atoms with van der Waals surface area (Å²) in [4.78, 5) is 3.56. The fourth-order valence-corrected chi connectivity index (χ4v) is 3.14. The Balaban J connectivity index is 2.33. The largest absolute Gasteiger partial charge is 0.326 e. The van der Waals surface area contributed by atoms with Crippen molar-refractivity contribution in [3.8, 4) is 0 Å². The van der Waals surface area contributed by atoms with Crippen molar-refractivity contribution in [3.63, 3.8) is 0 Å². The third-order valence-corrected chi connectivity index (χ3v) is 4.87. The van der Waals surface area contributed by atoms with Gasteiger partial charge >= 0.3 is 0 Å². The third-order valence-electron chi connectivity index (χ3n) is 3.05. The van der Waals surface area contributed by atoms with Crippen LogP contribution in [0.1, 0.15) is 11.1 Å². The lowest BCUT2D eigenvalue weighted by molar-refractivity contribution is 0.459. The summed E-state index contributed by atoms with van der Waals surface area (Å²) in [6, 6.07) is 7.32. The Morgan fingerprint density at radius 1 is 1.29 bits per heavy atom. The Morgan fingerprint density at radius 3 is 2.67 bits per heavy atom. The fraction of sp³-hybridized carbons (Fsp3) is 0.214. The third kappa shape index (κ3) is 3.44. The van der Waals surface area contributed by atoms with Gasteiger partial charge in [-0.2, -0.15) is 4.31 Å². The highest BCUT2D eigenvalue weighted by atomic mass is 32.2. The van der Waals surface area contributed by atoms with Crippen LogP contribution in [0.2, 0.25) is 0 Å². The maximum absolute atomic E-state index is 13.8. The van der Waals surface area contributed by atoms with E-state index in [1.807, 2.05) is 0 Å². The first-order valence-electron chi connectivity index (χ1n) is 6.29. The number of benzene rings is 1. The van der Waals surface area contributed by atoms with Crippen LogP contribution in [0.5, 0.6) is 0 Å². The second-order valence-corrected chi connectivity index (χ2v) is 6.60. The number of sulfonamides is 1. The van der Waals surface area contributed by atoms with E-state index in [4.69, 9.17) is 5.73 Å². The van der Waals surface area contributed by atoms with Gasteiger partial charge in [0.2, 0.25) is 10.0 Å². The average molecular weight is 309 g/mol. The molecule has 0 aliphatic carbocycles. The van der Waals surface area contributed by atoms with E-state index in [1.165, 1.54) is 19.2 Å². The van der Waals surface area contributed by atoms with E-state index in [0.717, 1.165) is 15.9 Å². The van der Waals surface area contributed by atoms with Gasteiger partial charge in [0.15, 0.2) is 0 Å². The molecule has 0 unspecified atom stereocenters. The highest BCUT2D eigenvalue weighted by Gasteiger charge is 2.24. The van der Waals surface area contributed by atoms with Gasteiger partial charge in [-0.15, -0.1) is 0 Å². The summed E-state index contributed by atoms with van der Waals surface area (Å²) in [6.07, 6.45) is 3.17. The molecule has 1 heterocycles. The minimum absolute atomic E-state index is 0.114. The van der Waals surface area contributed by atoms with Crippen molar-refractivity contribution < 1.29 is 12.8 Å². The Labute approximate surface area is 123 Å². The molecule has 1 aromatic carbocycles. The molecule has 21 heavy (non-hydrogen) atoms. The Morgan fingerprint density at radius 2 is 2.05 bits per heavy atom. The van der Waals surface area contributed by atoms with Gasteiger partial charge in [0.25, 0.3) is 0 Å². The highest BCUT2D eigenvalue weighted by Crippen LogP contribution is 2.21. The topological polar surface area (TPSA) is 76.3 Å². The van der Waals surface area contributed by atoms with Crippen LogP contribution in [0.4, 0.5) is 4.39 Å². The molecule has 0 fully saturated rings. The molecular formula is C14H16FN3O2S. The smallest absolute Gasteiger partial charge is 0.246 e. The molecule has 2 aromatic rings. The Kier molecular flexibility index (Phi) is 4.66. The first kappa shape index (κ1) is 15.6. The first-order chi connectivity index (χ1) is 9.95. The quantitative estimate of drug-likeness (QED) is 0.908. The molecule has 0 atom stereocenters. The minimum Gasteiger partial charge on any atom is -0.326 e. The number of hydrogen-bond donors (Lipinski definition) is 1. The highest BCUT2D eigenvalue weighted by molar-refractivity contribution is 7.89. The van der Waals surface area contributed by atoms with E-state index >= 15 is 0 Å². The maximum atomic E-state index is 13.8. The van der Waals surface area contributed by atoms with Crippen molar-refractivity contribution in [1.82, 2.24) is 9.29 Å². The molecule has 0 aliphatic heterocycles. The van der Waals surface area contributed by atoms with Crippen LogP contribution >= 0.6 is 0 Å². The van der Waals surface area contributed by atoms with Crippen molar-refractivity contribution >= 4 is 10.0 Å². The molecule has 0 saturated carbocycles. The molecule has 0 saturated heterocycles. The lowest BCUT2D eigenvalue weighted by Crippen LogP contribution is -2.27. The van der Waals surface area contributed by atoms with E-state index in [9.17, 15) is 12.8 Å². The molecule has 7 heteroatoms. The van der Waals surface area contributed by atoms with Crippen LogP contribution in [-0.4, -0.2) is 24.8 Å². The second-order valence-electron chi connectivity index (χ2n) is 4.59. The molecule has 0 radical (unpaired) electrons. The Bertz CT molecular complexity index is 720. The number of halogens is 1. The fourth-order valence-electron chi connectivity index (χ4n) is 1.87. The predicted molar refractivity (Wildman–Crippen MR) is 77.2 cm³/mol. The summed E-state index contributed by atoms with van der Waals surface area (Å²) >= 11 is 0. The zero-order chi connectivity index (χ0) is 15.5. The monoisotopic (exact) mass is 309 g/mol. The summed E-state index contributed by atoms with van der Waals surface area (Å²) in [6.45, 7) is 0.261. The van der Waals surface area contributed by atoms with E-state index in [2.05, 4.69) is 4.98 Å². The van der Waals surface area contributed by atoms with Crippen molar-refractivity contribution in [2.45, 2.75) is 18.0 Å². The average Bonchev–Trinajstić information content (AvgIpc) is 2.48. The van der Waals surface area contributed by atoms with Crippen molar-refractivity contribution in [2.75, 3.05) is 7.05 Å². The predicted octanol–water partition coefficient (Wildman–Crippen LogP) is 1.50. The molecule has 0 amide bonds. The number of pyridine rings is 1.